The quantitative estimate of drug-likeness (QED) is 0.304. The van der Waals surface area contributed by atoms with Gasteiger partial charge in [-0.3, -0.25) is 0 Å². The summed E-state index contributed by atoms with van der Waals surface area (Å²) in [4.78, 5) is 10.2. The van der Waals surface area contributed by atoms with Gasteiger partial charge in [-0.05, 0) is 19.1 Å². The van der Waals surface area contributed by atoms with Crippen molar-refractivity contribution in [1.82, 2.24) is 20.2 Å². The normalized spacial score (nSPS) is 11.1. The molecule has 0 saturated heterocycles. The Morgan fingerprint density at radius 2 is 1.67 bits per heavy atom. The van der Waals surface area contributed by atoms with Gasteiger partial charge >= 0.3 is 0 Å². The van der Waals surface area contributed by atoms with Gasteiger partial charge in [-0.2, -0.15) is 0 Å². The number of hydrogen-bond acceptors (Lipinski definition) is 7. The van der Waals surface area contributed by atoms with Crippen LogP contribution in [0, 0.1) is 6.92 Å². The molecule has 0 saturated carbocycles. The van der Waals surface area contributed by atoms with Crippen molar-refractivity contribution >= 4 is 34.3 Å². The Kier molecular flexibility index (Phi) is 5.16. The van der Waals surface area contributed by atoms with Crippen molar-refractivity contribution in [1.29, 1.82) is 0 Å². The number of benzene rings is 2. The lowest BCUT2D eigenvalue weighted by molar-refractivity contribution is 0.517. The minimum atomic E-state index is 0.487. The molecule has 2 aromatic carbocycles. The first-order valence-corrected chi connectivity index (χ1v) is 11.3. The average Bonchev–Trinajstić information content (AvgIpc) is 3.50. The summed E-state index contributed by atoms with van der Waals surface area (Å²) in [5, 5.41) is 13.1. The SMILES string of the molecule is Cc1nc(-c2ccccc2)sc1-c1nnc(Cc2csc(-c3ccc(Cl)cc3)n2)o1. The zero-order chi connectivity index (χ0) is 20.5. The van der Waals surface area contributed by atoms with E-state index in [4.69, 9.17) is 16.0 Å². The van der Waals surface area contributed by atoms with Crippen LogP contribution in [-0.4, -0.2) is 20.2 Å². The number of rotatable bonds is 5. The zero-order valence-corrected chi connectivity index (χ0v) is 18.3. The van der Waals surface area contributed by atoms with Crippen molar-refractivity contribution in [2.45, 2.75) is 13.3 Å². The van der Waals surface area contributed by atoms with Gasteiger partial charge in [-0.15, -0.1) is 32.9 Å². The van der Waals surface area contributed by atoms with Gasteiger partial charge in [0, 0.05) is 21.5 Å². The predicted molar refractivity (Wildman–Crippen MR) is 121 cm³/mol. The third kappa shape index (κ3) is 3.92. The van der Waals surface area contributed by atoms with E-state index in [1.54, 1.807) is 22.7 Å². The van der Waals surface area contributed by atoms with Gasteiger partial charge in [0.05, 0.1) is 17.8 Å². The molecule has 148 valence electrons. The fourth-order valence-corrected chi connectivity index (χ4v) is 4.93. The third-order valence-electron chi connectivity index (χ3n) is 4.45. The minimum Gasteiger partial charge on any atom is -0.419 e. The van der Waals surface area contributed by atoms with E-state index in [0.717, 1.165) is 37.4 Å². The van der Waals surface area contributed by atoms with E-state index < -0.39 is 0 Å². The molecular weight excluding hydrogens is 436 g/mol. The Bertz CT molecular complexity index is 1290. The van der Waals surface area contributed by atoms with Crippen LogP contribution in [0.2, 0.25) is 5.02 Å². The molecule has 0 N–H and O–H groups in total. The number of halogens is 1. The molecule has 3 heterocycles. The highest BCUT2D eigenvalue weighted by molar-refractivity contribution is 7.18. The van der Waals surface area contributed by atoms with Crippen LogP contribution in [0.15, 0.2) is 64.4 Å². The summed E-state index contributed by atoms with van der Waals surface area (Å²) in [5.41, 5.74) is 3.89. The number of hydrogen-bond donors (Lipinski definition) is 0. The lowest BCUT2D eigenvalue weighted by atomic mass is 10.2. The molecule has 8 heteroatoms. The fourth-order valence-electron chi connectivity index (χ4n) is 2.98. The Hall–Kier alpha value is -2.87. The monoisotopic (exact) mass is 450 g/mol. The van der Waals surface area contributed by atoms with E-state index in [2.05, 4.69) is 20.2 Å². The van der Waals surface area contributed by atoms with E-state index >= 15 is 0 Å². The molecule has 3 aromatic heterocycles. The molecule has 0 spiro atoms. The lowest BCUT2D eigenvalue weighted by Gasteiger charge is -1.95. The summed E-state index contributed by atoms with van der Waals surface area (Å²) in [6.45, 7) is 1.96. The van der Waals surface area contributed by atoms with E-state index in [9.17, 15) is 0 Å². The Morgan fingerprint density at radius 3 is 2.47 bits per heavy atom. The summed E-state index contributed by atoms with van der Waals surface area (Å²) in [6.07, 6.45) is 0.487. The molecule has 0 atom stereocenters. The van der Waals surface area contributed by atoms with Crippen molar-refractivity contribution in [3.05, 3.63) is 82.3 Å². The molecule has 0 bridgehead atoms. The summed E-state index contributed by atoms with van der Waals surface area (Å²) >= 11 is 9.10. The van der Waals surface area contributed by atoms with E-state index in [1.165, 1.54) is 0 Å². The summed E-state index contributed by atoms with van der Waals surface area (Å²) in [5.74, 6) is 1.03. The number of nitrogens with zero attached hydrogens (tertiary/aromatic N) is 4. The van der Waals surface area contributed by atoms with Gasteiger partial charge in [0.2, 0.25) is 5.89 Å². The highest BCUT2D eigenvalue weighted by Gasteiger charge is 2.18. The average molecular weight is 451 g/mol. The largest absolute Gasteiger partial charge is 0.419 e. The maximum absolute atomic E-state index is 5.96. The molecule has 5 rings (SSSR count). The van der Waals surface area contributed by atoms with Crippen molar-refractivity contribution in [2.75, 3.05) is 0 Å². The van der Waals surface area contributed by atoms with Crippen LogP contribution in [0.1, 0.15) is 17.3 Å². The molecule has 0 fully saturated rings. The smallest absolute Gasteiger partial charge is 0.259 e. The van der Waals surface area contributed by atoms with Crippen LogP contribution in [0.5, 0.6) is 0 Å². The highest BCUT2D eigenvalue weighted by Crippen LogP contribution is 2.34. The van der Waals surface area contributed by atoms with Gasteiger partial charge < -0.3 is 4.42 Å². The fraction of sp³-hybridized carbons (Fsp3) is 0.0909. The van der Waals surface area contributed by atoms with E-state index in [1.807, 2.05) is 66.9 Å². The first-order chi connectivity index (χ1) is 14.7. The molecule has 30 heavy (non-hydrogen) atoms. The van der Waals surface area contributed by atoms with Gasteiger partial charge in [0.25, 0.3) is 5.89 Å². The van der Waals surface area contributed by atoms with Crippen LogP contribution in [0.25, 0.3) is 31.9 Å². The van der Waals surface area contributed by atoms with Crippen molar-refractivity contribution in [3.63, 3.8) is 0 Å². The summed E-state index contributed by atoms with van der Waals surface area (Å²) in [6, 6.07) is 17.7. The maximum atomic E-state index is 5.96. The van der Waals surface area contributed by atoms with Crippen LogP contribution < -0.4 is 0 Å². The Labute approximate surface area is 186 Å². The van der Waals surface area contributed by atoms with E-state index in [0.29, 0.717) is 23.2 Å². The van der Waals surface area contributed by atoms with Gasteiger partial charge in [0.1, 0.15) is 14.9 Å². The summed E-state index contributed by atoms with van der Waals surface area (Å²) < 4.78 is 5.93. The molecular formula is C22H15ClN4OS2. The van der Waals surface area contributed by atoms with Gasteiger partial charge in [0.15, 0.2) is 0 Å². The van der Waals surface area contributed by atoms with Crippen LogP contribution >= 0.6 is 34.3 Å². The molecule has 0 radical (unpaired) electrons. The maximum Gasteiger partial charge on any atom is 0.259 e. The Morgan fingerprint density at radius 1 is 0.900 bits per heavy atom. The minimum absolute atomic E-state index is 0.487. The topological polar surface area (TPSA) is 64.7 Å². The molecule has 0 amide bonds. The third-order valence-corrected chi connectivity index (χ3v) is 6.84. The molecule has 5 nitrogen and oxygen atoms in total. The molecule has 0 aliphatic heterocycles. The molecule has 0 aliphatic rings. The van der Waals surface area contributed by atoms with E-state index in [-0.39, 0.29) is 0 Å². The van der Waals surface area contributed by atoms with Crippen molar-refractivity contribution in [3.8, 4) is 31.9 Å². The van der Waals surface area contributed by atoms with Crippen LogP contribution in [0.4, 0.5) is 0 Å². The van der Waals surface area contributed by atoms with Crippen LogP contribution in [0.3, 0.4) is 0 Å². The van der Waals surface area contributed by atoms with Crippen LogP contribution in [-0.2, 0) is 6.42 Å². The number of thiazole rings is 2. The summed E-state index contributed by atoms with van der Waals surface area (Å²) in [7, 11) is 0. The molecule has 0 unspecified atom stereocenters. The second-order valence-corrected chi connectivity index (χ2v) is 8.92. The lowest BCUT2D eigenvalue weighted by Crippen LogP contribution is -1.88. The first-order valence-electron chi connectivity index (χ1n) is 9.21. The second kappa shape index (κ2) is 8.10. The second-order valence-electron chi connectivity index (χ2n) is 6.63. The van der Waals surface area contributed by atoms with Gasteiger partial charge in [-0.25, -0.2) is 9.97 Å². The van der Waals surface area contributed by atoms with Crippen molar-refractivity contribution in [2.24, 2.45) is 0 Å². The Balaban J connectivity index is 1.35. The standard InChI is InChI=1S/C22H15ClN4OS2/c1-13-19(30-22(24-13)14-5-3-2-4-6-14)20-27-26-18(28-20)11-17-12-29-21(25-17)15-7-9-16(23)10-8-15/h2-10,12H,11H2,1H3. The predicted octanol–water partition coefficient (Wildman–Crippen LogP) is 6.54. The number of aryl methyl sites for hydroxylation is 1. The van der Waals surface area contributed by atoms with Crippen molar-refractivity contribution < 1.29 is 4.42 Å². The van der Waals surface area contributed by atoms with Gasteiger partial charge in [-0.1, -0.05) is 54.1 Å². The highest BCUT2D eigenvalue weighted by atomic mass is 35.5. The number of aromatic nitrogens is 4. The molecule has 5 aromatic rings. The zero-order valence-electron chi connectivity index (χ0n) is 15.9. The first kappa shape index (κ1) is 19.1. The molecule has 0 aliphatic carbocycles.